The lowest BCUT2D eigenvalue weighted by molar-refractivity contribution is 0.0354. The first-order chi connectivity index (χ1) is 7.17. The molecule has 2 aliphatic rings. The Labute approximate surface area is 88.0 Å². The summed E-state index contributed by atoms with van der Waals surface area (Å²) in [6.45, 7) is 2.85. The van der Waals surface area contributed by atoms with Gasteiger partial charge in [0, 0.05) is 0 Å². The number of epoxide rings is 1. The summed E-state index contributed by atoms with van der Waals surface area (Å²) in [5, 5.41) is 0. The van der Waals surface area contributed by atoms with Crippen molar-refractivity contribution < 1.29 is 13.9 Å². The van der Waals surface area contributed by atoms with Crippen molar-refractivity contribution in [3.05, 3.63) is 29.6 Å². The van der Waals surface area contributed by atoms with Crippen LogP contribution in [0.15, 0.2) is 18.2 Å². The van der Waals surface area contributed by atoms with Gasteiger partial charge in [-0.05, 0) is 43.5 Å². The van der Waals surface area contributed by atoms with Gasteiger partial charge < -0.3 is 9.47 Å². The van der Waals surface area contributed by atoms with Crippen LogP contribution in [-0.4, -0.2) is 18.3 Å². The minimum absolute atomic E-state index is 0.191. The Morgan fingerprint density at radius 1 is 1.47 bits per heavy atom. The highest BCUT2D eigenvalue weighted by atomic mass is 19.1. The van der Waals surface area contributed by atoms with Crippen LogP contribution in [0.3, 0.4) is 0 Å². The summed E-state index contributed by atoms with van der Waals surface area (Å²) in [5.41, 5.74) is 0.748. The van der Waals surface area contributed by atoms with Gasteiger partial charge in [0.1, 0.15) is 23.3 Å². The van der Waals surface area contributed by atoms with Gasteiger partial charge in [0.2, 0.25) is 0 Å². The fourth-order valence-corrected chi connectivity index (χ4v) is 2.16. The SMILES string of the molecule is CC1(C2CO2)CCc2cc(F)ccc2O1. The van der Waals surface area contributed by atoms with Gasteiger partial charge >= 0.3 is 0 Å². The average molecular weight is 208 g/mol. The number of hydrogen-bond donors (Lipinski definition) is 0. The predicted molar refractivity (Wildman–Crippen MR) is 53.5 cm³/mol. The number of ether oxygens (including phenoxy) is 2. The molecule has 2 aliphatic heterocycles. The van der Waals surface area contributed by atoms with Crippen molar-refractivity contribution in [3.8, 4) is 5.75 Å². The van der Waals surface area contributed by atoms with Crippen molar-refractivity contribution in [2.24, 2.45) is 0 Å². The summed E-state index contributed by atoms with van der Waals surface area (Å²) in [5.74, 6) is 0.615. The molecule has 2 unspecified atom stereocenters. The van der Waals surface area contributed by atoms with E-state index >= 15 is 0 Å². The lowest BCUT2D eigenvalue weighted by atomic mass is 9.90. The first kappa shape index (κ1) is 9.16. The Kier molecular flexibility index (Phi) is 1.80. The maximum atomic E-state index is 13.0. The Morgan fingerprint density at radius 3 is 3.00 bits per heavy atom. The molecule has 0 aliphatic carbocycles. The van der Waals surface area contributed by atoms with Crippen molar-refractivity contribution >= 4 is 0 Å². The highest BCUT2D eigenvalue weighted by molar-refractivity contribution is 5.37. The highest BCUT2D eigenvalue weighted by Gasteiger charge is 2.47. The fraction of sp³-hybridized carbons (Fsp3) is 0.500. The number of hydrogen-bond acceptors (Lipinski definition) is 2. The van der Waals surface area contributed by atoms with Crippen LogP contribution in [0, 0.1) is 5.82 Å². The number of halogens is 1. The van der Waals surface area contributed by atoms with E-state index in [9.17, 15) is 4.39 Å². The Morgan fingerprint density at radius 2 is 2.27 bits per heavy atom. The zero-order valence-corrected chi connectivity index (χ0v) is 8.63. The second-order valence-corrected chi connectivity index (χ2v) is 4.49. The van der Waals surface area contributed by atoms with Crippen LogP contribution in [0.4, 0.5) is 4.39 Å². The molecule has 1 fully saturated rings. The predicted octanol–water partition coefficient (Wildman–Crippen LogP) is 2.31. The van der Waals surface area contributed by atoms with E-state index in [0.29, 0.717) is 0 Å². The molecule has 15 heavy (non-hydrogen) atoms. The third-order valence-corrected chi connectivity index (χ3v) is 3.27. The van der Waals surface area contributed by atoms with Crippen LogP contribution >= 0.6 is 0 Å². The van der Waals surface area contributed by atoms with Crippen LogP contribution in [0.2, 0.25) is 0 Å². The third kappa shape index (κ3) is 1.51. The zero-order chi connectivity index (χ0) is 10.5. The molecule has 2 nitrogen and oxygen atoms in total. The van der Waals surface area contributed by atoms with Gasteiger partial charge in [-0.2, -0.15) is 0 Å². The van der Waals surface area contributed by atoms with E-state index < -0.39 is 0 Å². The second-order valence-electron chi connectivity index (χ2n) is 4.49. The molecule has 0 saturated carbocycles. The van der Waals surface area contributed by atoms with Gasteiger partial charge in [0.15, 0.2) is 0 Å². The first-order valence-corrected chi connectivity index (χ1v) is 5.26. The van der Waals surface area contributed by atoms with Gasteiger partial charge in [0.05, 0.1) is 6.61 Å². The van der Waals surface area contributed by atoms with Crippen molar-refractivity contribution in [2.45, 2.75) is 31.5 Å². The summed E-state index contributed by atoms with van der Waals surface area (Å²) in [4.78, 5) is 0. The molecule has 2 heterocycles. The minimum atomic E-state index is -0.217. The maximum absolute atomic E-state index is 13.0. The largest absolute Gasteiger partial charge is 0.484 e. The molecule has 0 amide bonds. The van der Waals surface area contributed by atoms with E-state index in [4.69, 9.17) is 9.47 Å². The Bertz CT molecular complexity index is 401. The minimum Gasteiger partial charge on any atom is -0.484 e. The van der Waals surface area contributed by atoms with Crippen molar-refractivity contribution in [2.75, 3.05) is 6.61 Å². The van der Waals surface area contributed by atoms with Gasteiger partial charge in [-0.1, -0.05) is 0 Å². The molecule has 0 N–H and O–H groups in total. The lowest BCUT2D eigenvalue weighted by Crippen LogP contribution is -2.41. The summed E-state index contributed by atoms with van der Waals surface area (Å²) in [6.07, 6.45) is 1.98. The molecule has 1 aromatic rings. The fourth-order valence-electron chi connectivity index (χ4n) is 2.16. The van der Waals surface area contributed by atoms with Crippen LogP contribution in [-0.2, 0) is 11.2 Å². The average Bonchev–Trinajstić information content (AvgIpc) is 3.02. The van der Waals surface area contributed by atoms with Crippen molar-refractivity contribution in [1.29, 1.82) is 0 Å². The van der Waals surface area contributed by atoms with Gasteiger partial charge in [0.25, 0.3) is 0 Å². The van der Waals surface area contributed by atoms with Crippen molar-refractivity contribution in [3.63, 3.8) is 0 Å². The molecule has 3 rings (SSSR count). The molecular weight excluding hydrogens is 195 g/mol. The normalized spacial score (nSPS) is 33.1. The molecule has 0 radical (unpaired) electrons. The molecule has 2 atom stereocenters. The molecule has 0 bridgehead atoms. The van der Waals surface area contributed by atoms with Crippen LogP contribution in [0.25, 0.3) is 0 Å². The number of rotatable bonds is 1. The van der Waals surface area contributed by atoms with E-state index in [1.807, 2.05) is 0 Å². The summed E-state index contributed by atoms with van der Waals surface area (Å²) >= 11 is 0. The van der Waals surface area contributed by atoms with Crippen LogP contribution in [0.1, 0.15) is 18.9 Å². The van der Waals surface area contributed by atoms with Crippen LogP contribution in [0.5, 0.6) is 5.75 Å². The topological polar surface area (TPSA) is 21.8 Å². The summed E-state index contributed by atoms with van der Waals surface area (Å²) in [7, 11) is 0. The van der Waals surface area contributed by atoms with E-state index in [-0.39, 0.29) is 17.5 Å². The molecule has 1 aromatic carbocycles. The van der Waals surface area contributed by atoms with E-state index in [1.165, 1.54) is 6.07 Å². The molecule has 0 aromatic heterocycles. The first-order valence-electron chi connectivity index (χ1n) is 5.26. The zero-order valence-electron chi connectivity index (χ0n) is 8.63. The third-order valence-electron chi connectivity index (χ3n) is 3.27. The molecular formula is C12H13FO2. The number of aryl methyl sites for hydroxylation is 1. The Hall–Kier alpha value is -1.09. The standard InChI is InChI=1S/C12H13FO2/c1-12(11-7-14-11)5-4-8-6-9(13)2-3-10(8)15-12/h2-3,6,11H,4-5,7H2,1H3. The van der Waals surface area contributed by atoms with E-state index in [1.54, 1.807) is 12.1 Å². The molecule has 80 valence electrons. The van der Waals surface area contributed by atoms with E-state index in [2.05, 4.69) is 6.92 Å². The number of fused-ring (bicyclic) bond motifs is 1. The Balaban J connectivity index is 1.92. The quantitative estimate of drug-likeness (QED) is 0.660. The molecule has 0 spiro atoms. The van der Waals surface area contributed by atoms with Gasteiger partial charge in [-0.15, -0.1) is 0 Å². The summed E-state index contributed by atoms with van der Waals surface area (Å²) < 4.78 is 24.2. The molecule has 1 saturated heterocycles. The van der Waals surface area contributed by atoms with Crippen molar-refractivity contribution in [1.82, 2.24) is 0 Å². The van der Waals surface area contributed by atoms with E-state index in [0.717, 1.165) is 30.8 Å². The number of benzene rings is 1. The summed E-state index contributed by atoms with van der Waals surface area (Å²) in [6, 6.07) is 4.71. The molecule has 3 heteroatoms. The maximum Gasteiger partial charge on any atom is 0.135 e. The van der Waals surface area contributed by atoms with Crippen LogP contribution < -0.4 is 4.74 Å². The van der Waals surface area contributed by atoms with Gasteiger partial charge in [-0.25, -0.2) is 4.39 Å². The highest BCUT2D eigenvalue weighted by Crippen LogP contribution is 2.39. The second kappa shape index (κ2) is 2.95. The monoisotopic (exact) mass is 208 g/mol. The smallest absolute Gasteiger partial charge is 0.135 e. The van der Waals surface area contributed by atoms with Gasteiger partial charge in [-0.3, -0.25) is 0 Å². The lowest BCUT2D eigenvalue weighted by Gasteiger charge is -2.34.